The summed E-state index contributed by atoms with van der Waals surface area (Å²) in [5, 5.41) is 27.2. The van der Waals surface area contributed by atoms with Crippen LogP contribution in [0.1, 0.15) is 85.0 Å². The third kappa shape index (κ3) is 16.3. The average Bonchev–Trinajstić information content (AvgIpc) is 3.61. The smallest absolute Gasteiger partial charge is 0.480 e. The Bertz CT molecular complexity index is 1270. The fourth-order valence-electron chi connectivity index (χ4n) is 5.22. The Hall–Kier alpha value is -4.55. The Labute approximate surface area is 293 Å². The normalized spacial score (nSPS) is 18.7. The summed E-state index contributed by atoms with van der Waals surface area (Å²) in [7, 11) is 0. The molecule has 1 saturated carbocycles. The van der Waals surface area contributed by atoms with Crippen LogP contribution < -0.4 is 27.0 Å². The molecule has 16 nitrogen and oxygen atoms in total. The van der Waals surface area contributed by atoms with Gasteiger partial charge in [0.25, 0.3) is 11.8 Å². The van der Waals surface area contributed by atoms with Gasteiger partial charge < -0.3 is 37.2 Å². The molecule has 6 amide bonds. The highest BCUT2D eigenvalue weighted by Crippen LogP contribution is 2.24. The number of halogens is 3. The lowest BCUT2D eigenvalue weighted by atomic mass is 10.0. The van der Waals surface area contributed by atoms with Crippen molar-refractivity contribution < 1.29 is 61.7 Å². The van der Waals surface area contributed by atoms with Crippen LogP contribution in [0.4, 0.5) is 13.2 Å². The molecule has 0 aromatic carbocycles. The molecule has 1 heterocycles. The van der Waals surface area contributed by atoms with E-state index in [2.05, 4.69) is 21.3 Å². The molecule has 0 aromatic rings. The number of alkyl halides is 3. The van der Waals surface area contributed by atoms with Crippen molar-refractivity contribution in [1.29, 1.82) is 0 Å². The third-order valence-electron chi connectivity index (χ3n) is 8.19. The van der Waals surface area contributed by atoms with Crippen LogP contribution in [0.25, 0.3) is 0 Å². The predicted octanol–water partition coefficient (Wildman–Crippen LogP) is 0.734. The van der Waals surface area contributed by atoms with Crippen LogP contribution in [0, 0.1) is 11.8 Å². The van der Waals surface area contributed by atoms with Gasteiger partial charge in [0, 0.05) is 37.7 Å². The van der Waals surface area contributed by atoms with Gasteiger partial charge in [-0.2, -0.15) is 13.2 Å². The summed E-state index contributed by atoms with van der Waals surface area (Å²) < 4.78 is 31.7. The monoisotopic (exact) mass is 734 g/mol. The Morgan fingerprint density at radius 1 is 0.882 bits per heavy atom. The Morgan fingerprint density at radius 3 is 2.00 bits per heavy atom. The van der Waals surface area contributed by atoms with Crippen LogP contribution >= 0.6 is 0 Å². The fourth-order valence-corrected chi connectivity index (χ4v) is 5.22. The van der Waals surface area contributed by atoms with Crippen LogP contribution in [0.2, 0.25) is 0 Å². The summed E-state index contributed by atoms with van der Waals surface area (Å²) in [5.74, 6) is -6.80. The van der Waals surface area contributed by atoms with Gasteiger partial charge in [-0.15, -0.1) is 0 Å². The van der Waals surface area contributed by atoms with Crippen LogP contribution in [-0.4, -0.2) is 106 Å². The fraction of sp³-hybridized carbons (Fsp3) is 0.688. The molecule has 0 aromatic heterocycles. The highest BCUT2D eigenvalue weighted by atomic mass is 19.4. The molecule has 2 rings (SSSR count). The van der Waals surface area contributed by atoms with E-state index in [0.29, 0.717) is 38.6 Å². The number of nitrogens with one attached hydrogen (secondary N) is 4. The molecule has 0 spiro atoms. The van der Waals surface area contributed by atoms with E-state index in [1.54, 1.807) is 13.8 Å². The van der Waals surface area contributed by atoms with Crippen LogP contribution in [0.5, 0.6) is 0 Å². The van der Waals surface area contributed by atoms with E-state index >= 15 is 0 Å². The molecule has 8 N–H and O–H groups in total. The molecule has 0 radical (unpaired) electrons. The second kappa shape index (κ2) is 21.6. The van der Waals surface area contributed by atoms with Gasteiger partial charge >= 0.3 is 18.1 Å². The third-order valence-corrected chi connectivity index (χ3v) is 8.19. The molecule has 1 aliphatic carbocycles. The maximum Gasteiger partial charge on any atom is 0.490 e. The molecule has 288 valence electrons. The maximum absolute atomic E-state index is 12.9. The van der Waals surface area contributed by atoms with Crippen molar-refractivity contribution in [2.24, 2.45) is 17.6 Å². The summed E-state index contributed by atoms with van der Waals surface area (Å²) in [4.78, 5) is 95.3. The first-order valence-electron chi connectivity index (χ1n) is 16.8. The number of imide groups is 1. The van der Waals surface area contributed by atoms with Crippen LogP contribution in [0.3, 0.4) is 0 Å². The first-order chi connectivity index (χ1) is 23.8. The summed E-state index contributed by atoms with van der Waals surface area (Å²) in [6.45, 7) is 5.59. The summed E-state index contributed by atoms with van der Waals surface area (Å²) in [6, 6.07) is -3.26. The second-order valence-electron chi connectivity index (χ2n) is 12.7. The number of aliphatic carboxylic acids is 2. The van der Waals surface area contributed by atoms with Crippen molar-refractivity contribution in [2.45, 2.75) is 115 Å². The molecule has 5 atom stereocenters. The van der Waals surface area contributed by atoms with E-state index in [1.165, 1.54) is 19.1 Å². The number of hydrogen-bond acceptors (Lipinski definition) is 9. The zero-order chi connectivity index (χ0) is 38.9. The van der Waals surface area contributed by atoms with Gasteiger partial charge in [0.15, 0.2) is 0 Å². The number of unbranched alkanes of at least 4 members (excludes halogenated alkanes) is 3. The van der Waals surface area contributed by atoms with E-state index < -0.39 is 48.1 Å². The van der Waals surface area contributed by atoms with Gasteiger partial charge in [-0.1, -0.05) is 26.7 Å². The van der Waals surface area contributed by atoms with Crippen molar-refractivity contribution in [2.75, 3.05) is 13.1 Å². The molecule has 0 unspecified atom stereocenters. The standard InChI is InChI=1S/C30H48N6O8.C2HF3O2/c1-18(2)26(35-23(37)13-5-4-8-17-36-24(38)14-15-25(36)39)29(42)33-19(3)27(40)34-22(30(43)44)12-6-7-16-32-28(41)20-10-9-11-21(20)31;3-2(4,5)1(6)7/h14-15,18-22,26H,4-13,16-17,31H2,1-3H3,(H,32,41)(H,33,42)(H,34,40)(H,35,37)(H,43,44);(H,6,7)/t19-,20-,21+,22-,26-;/m0./s1. The zero-order valence-electron chi connectivity index (χ0n) is 28.9. The van der Waals surface area contributed by atoms with Crippen molar-refractivity contribution in [3.05, 3.63) is 12.2 Å². The van der Waals surface area contributed by atoms with Gasteiger partial charge in [-0.3, -0.25) is 33.7 Å². The van der Waals surface area contributed by atoms with E-state index in [1.807, 2.05) is 0 Å². The largest absolute Gasteiger partial charge is 0.490 e. The quantitative estimate of drug-likeness (QED) is 0.0720. The molecule has 1 aliphatic heterocycles. The lowest BCUT2D eigenvalue weighted by Gasteiger charge is -2.24. The molecule has 1 fully saturated rings. The lowest BCUT2D eigenvalue weighted by molar-refractivity contribution is -0.192. The number of rotatable bonds is 19. The Balaban J connectivity index is 0.00000167. The molecule has 51 heavy (non-hydrogen) atoms. The molecule has 0 bridgehead atoms. The molecule has 0 saturated heterocycles. The Kier molecular flexibility index (Phi) is 18.9. The molecule has 19 heteroatoms. The number of nitrogens with two attached hydrogens (primary N) is 1. The number of hydrogen-bond donors (Lipinski definition) is 7. The Morgan fingerprint density at radius 2 is 1.49 bits per heavy atom. The number of carbonyl (C=O) groups is 8. The van der Waals surface area contributed by atoms with E-state index in [-0.39, 0.29) is 60.9 Å². The van der Waals surface area contributed by atoms with Crippen molar-refractivity contribution in [1.82, 2.24) is 26.2 Å². The first-order valence-corrected chi connectivity index (χ1v) is 16.8. The molecule has 2 aliphatic rings. The van der Waals surface area contributed by atoms with Crippen LogP contribution in [0.15, 0.2) is 12.2 Å². The van der Waals surface area contributed by atoms with E-state index in [4.69, 9.17) is 15.6 Å². The minimum Gasteiger partial charge on any atom is -0.480 e. The zero-order valence-corrected chi connectivity index (χ0v) is 28.9. The number of carbonyl (C=O) groups excluding carboxylic acids is 6. The van der Waals surface area contributed by atoms with E-state index in [9.17, 15) is 51.8 Å². The number of carboxylic acids is 2. The van der Waals surface area contributed by atoms with Gasteiger partial charge in [-0.05, 0) is 57.8 Å². The number of carboxylic acid groups (broad SMARTS) is 2. The van der Waals surface area contributed by atoms with Gasteiger partial charge in [0.05, 0.1) is 5.92 Å². The van der Waals surface area contributed by atoms with Gasteiger partial charge in [-0.25, -0.2) is 9.59 Å². The van der Waals surface area contributed by atoms with Crippen molar-refractivity contribution in [3.63, 3.8) is 0 Å². The number of nitrogens with zero attached hydrogens (tertiary/aromatic N) is 1. The average molecular weight is 735 g/mol. The highest BCUT2D eigenvalue weighted by molar-refractivity contribution is 6.12. The van der Waals surface area contributed by atoms with Crippen molar-refractivity contribution in [3.8, 4) is 0 Å². The number of amides is 6. The van der Waals surface area contributed by atoms with Gasteiger partial charge in [0.2, 0.25) is 23.6 Å². The lowest BCUT2D eigenvalue weighted by Crippen LogP contribution is -2.56. The summed E-state index contributed by atoms with van der Waals surface area (Å²) in [5.41, 5.74) is 5.96. The summed E-state index contributed by atoms with van der Waals surface area (Å²) >= 11 is 0. The highest BCUT2D eigenvalue weighted by Gasteiger charge is 2.38. The minimum absolute atomic E-state index is 0.0816. The summed E-state index contributed by atoms with van der Waals surface area (Å²) in [6.07, 6.45) is 2.82. The molecular weight excluding hydrogens is 685 g/mol. The second-order valence-corrected chi connectivity index (χ2v) is 12.7. The maximum atomic E-state index is 12.9. The SMILES string of the molecule is CC(C)[C@H](NC(=O)CCCCCN1C(=O)C=CC1=O)C(=O)N[C@@H](C)C(=O)N[C@@H](CCCCNC(=O)[C@H]1CCC[C@H]1N)C(=O)O.O=C(O)C(F)(F)F. The first kappa shape index (κ1) is 44.5. The minimum atomic E-state index is -5.08. The predicted molar refractivity (Wildman–Crippen MR) is 174 cm³/mol. The van der Waals surface area contributed by atoms with Crippen molar-refractivity contribution >= 4 is 47.4 Å². The topological polar surface area (TPSA) is 254 Å². The molecular formula is C32H49F3N6O10. The van der Waals surface area contributed by atoms with Gasteiger partial charge in [0.1, 0.15) is 18.1 Å². The van der Waals surface area contributed by atoms with E-state index in [0.717, 1.165) is 24.2 Å². The van der Waals surface area contributed by atoms with Crippen LogP contribution in [-0.2, 0) is 38.4 Å².